The van der Waals surface area contributed by atoms with Crippen LogP contribution in [0.3, 0.4) is 0 Å². The van der Waals surface area contributed by atoms with E-state index in [1.807, 2.05) is 13.0 Å². The molecule has 0 aromatic carbocycles. The summed E-state index contributed by atoms with van der Waals surface area (Å²) in [6.45, 7) is 5.12. The fraction of sp³-hybridized carbons (Fsp3) is 0.444. The van der Waals surface area contributed by atoms with E-state index in [2.05, 4.69) is 10.2 Å². The van der Waals surface area contributed by atoms with Crippen LogP contribution in [-0.4, -0.2) is 26.0 Å². The van der Waals surface area contributed by atoms with Gasteiger partial charge in [-0.05, 0) is 32.9 Å². The molecule has 76 valence electrons. The van der Waals surface area contributed by atoms with Crippen LogP contribution in [0.2, 0.25) is 0 Å². The van der Waals surface area contributed by atoms with E-state index in [1.54, 1.807) is 19.9 Å². The quantitative estimate of drug-likeness (QED) is 0.773. The van der Waals surface area contributed by atoms with Crippen molar-refractivity contribution in [3.8, 4) is 0 Å². The number of aliphatic carboxylic acids is 1. The van der Waals surface area contributed by atoms with Gasteiger partial charge in [-0.2, -0.15) is 5.10 Å². The molecule has 0 fully saturated rings. The Kier molecular flexibility index (Phi) is 3.10. The summed E-state index contributed by atoms with van der Waals surface area (Å²) in [6.07, 6.45) is 0. The van der Waals surface area contributed by atoms with Gasteiger partial charge in [0.05, 0.1) is 5.69 Å². The van der Waals surface area contributed by atoms with Crippen molar-refractivity contribution in [2.75, 3.05) is 0 Å². The van der Waals surface area contributed by atoms with Gasteiger partial charge in [0.15, 0.2) is 0 Å². The Hall–Kier alpha value is -1.10. The van der Waals surface area contributed by atoms with E-state index in [-0.39, 0.29) is 0 Å². The van der Waals surface area contributed by atoms with Crippen molar-refractivity contribution < 1.29 is 9.90 Å². The first-order valence-electron chi connectivity index (χ1n) is 4.14. The van der Waals surface area contributed by atoms with Crippen molar-refractivity contribution in [1.29, 1.82) is 0 Å². The van der Waals surface area contributed by atoms with Crippen molar-refractivity contribution in [3.63, 3.8) is 0 Å². The molecule has 4 nitrogen and oxygen atoms in total. The second-order valence-electron chi connectivity index (χ2n) is 3.43. The van der Waals surface area contributed by atoms with Crippen LogP contribution in [0.5, 0.6) is 0 Å². The van der Waals surface area contributed by atoms with Gasteiger partial charge in [-0.3, -0.25) is 4.79 Å². The van der Waals surface area contributed by atoms with Gasteiger partial charge < -0.3 is 5.11 Å². The van der Waals surface area contributed by atoms with Gasteiger partial charge >= 0.3 is 5.97 Å². The van der Waals surface area contributed by atoms with E-state index >= 15 is 0 Å². The number of nitrogens with zero attached hydrogens (tertiary/aromatic N) is 2. The number of thioether (sulfide) groups is 1. The SMILES string of the molecule is Cc1ccc(SC(C)(C)C(=O)O)nn1. The summed E-state index contributed by atoms with van der Waals surface area (Å²) >= 11 is 1.19. The van der Waals surface area contributed by atoms with E-state index in [0.717, 1.165) is 5.69 Å². The lowest BCUT2D eigenvalue weighted by Crippen LogP contribution is -2.27. The predicted molar refractivity (Wildman–Crippen MR) is 54.3 cm³/mol. The zero-order valence-corrected chi connectivity index (χ0v) is 9.13. The minimum atomic E-state index is -0.871. The maximum absolute atomic E-state index is 10.8. The number of hydrogen-bond acceptors (Lipinski definition) is 4. The fourth-order valence-electron chi connectivity index (χ4n) is 0.746. The van der Waals surface area contributed by atoms with E-state index in [4.69, 9.17) is 5.11 Å². The monoisotopic (exact) mass is 212 g/mol. The molecule has 0 spiro atoms. The standard InChI is InChI=1S/C9H12N2O2S/c1-6-4-5-7(11-10-6)14-9(2,3)8(12)13/h4-5H,1-3H3,(H,12,13). The van der Waals surface area contributed by atoms with Crippen LogP contribution in [0.25, 0.3) is 0 Å². The smallest absolute Gasteiger partial charge is 0.319 e. The number of hydrogen-bond donors (Lipinski definition) is 1. The van der Waals surface area contributed by atoms with E-state index in [9.17, 15) is 4.79 Å². The number of aryl methyl sites for hydroxylation is 1. The molecule has 0 aliphatic rings. The summed E-state index contributed by atoms with van der Waals surface area (Å²) in [5.74, 6) is -0.857. The van der Waals surface area contributed by atoms with Crippen molar-refractivity contribution in [1.82, 2.24) is 10.2 Å². The lowest BCUT2D eigenvalue weighted by atomic mass is 10.2. The molecular weight excluding hydrogens is 200 g/mol. The molecule has 0 aliphatic heterocycles. The molecule has 1 N–H and O–H groups in total. The van der Waals surface area contributed by atoms with Gasteiger partial charge in [0.25, 0.3) is 0 Å². The third kappa shape index (κ3) is 2.70. The number of carbonyl (C=O) groups is 1. The normalized spacial score (nSPS) is 11.4. The maximum atomic E-state index is 10.8. The van der Waals surface area contributed by atoms with Gasteiger partial charge in [0, 0.05) is 0 Å². The molecule has 0 unspecified atom stereocenters. The van der Waals surface area contributed by atoms with Crippen LogP contribution in [0, 0.1) is 6.92 Å². The lowest BCUT2D eigenvalue weighted by molar-refractivity contribution is -0.138. The minimum Gasteiger partial charge on any atom is -0.480 e. The Labute approximate surface area is 86.7 Å². The predicted octanol–water partition coefficient (Wildman–Crippen LogP) is 1.74. The Morgan fingerprint density at radius 1 is 1.43 bits per heavy atom. The van der Waals surface area contributed by atoms with Crippen LogP contribution in [-0.2, 0) is 4.79 Å². The molecule has 5 heteroatoms. The van der Waals surface area contributed by atoms with Gasteiger partial charge in [0.2, 0.25) is 0 Å². The molecule has 0 bridgehead atoms. The minimum absolute atomic E-state index is 0.628. The maximum Gasteiger partial charge on any atom is 0.319 e. The van der Waals surface area contributed by atoms with Crippen molar-refractivity contribution in [2.24, 2.45) is 0 Å². The summed E-state index contributed by atoms with van der Waals surface area (Å²) in [5.41, 5.74) is 0.822. The van der Waals surface area contributed by atoms with Crippen LogP contribution in [0.4, 0.5) is 0 Å². The first kappa shape index (κ1) is 11.0. The Morgan fingerprint density at radius 2 is 2.07 bits per heavy atom. The average Bonchev–Trinajstić information content (AvgIpc) is 2.08. The first-order chi connectivity index (χ1) is 6.42. The van der Waals surface area contributed by atoms with Gasteiger partial charge in [-0.1, -0.05) is 11.8 Å². The van der Waals surface area contributed by atoms with Crippen molar-refractivity contribution in [3.05, 3.63) is 17.8 Å². The van der Waals surface area contributed by atoms with E-state index < -0.39 is 10.7 Å². The van der Waals surface area contributed by atoms with Gasteiger partial charge in [-0.25, -0.2) is 0 Å². The number of carboxylic acids is 1. The highest BCUT2D eigenvalue weighted by Gasteiger charge is 2.29. The molecule has 1 rings (SSSR count). The van der Waals surface area contributed by atoms with Crippen molar-refractivity contribution >= 4 is 17.7 Å². The van der Waals surface area contributed by atoms with Gasteiger partial charge in [0.1, 0.15) is 9.77 Å². The number of rotatable bonds is 3. The molecule has 1 aromatic rings. The molecule has 1 aromatic heterocycles. The lowest BCUT2D eigenvalue weighted by Gasteiger charge is -2.16. The largest absolute Gasteiger partial charge is 0.480 e. The fourth-order valence-corrected chi connectivity index (χ4v) is 1.57. The summed E-state index contributed by atoms with van der Waals surface area (Å²) in [6, 6.07) is 3.59. The second kappa shape index (κ2) is 3.96. The zero-order valence-electron chi connectivity index (χ0n) is 8.31. The van der Waals surface area contributed by atoms with Gasteiger partial charge in [-0.15, -0.1) is 5.10 Å². The highest BCUT2D eigenvalue weighted by atomic mass is 32.2. The van der Waals surface area contributed by atoms with E-state index in [1.165, 1.54) is 11.8 Å². The molecule has 0 aliphatic carbocycles. The Morgan fingerprint density at radius 3 is 2.50 bits per heavy atom. The van der Waals surface area contributed by atoms with Crippen LogP contribution in [0.1, 0.15) is 19.5 Å². The highest BCUT2D eigenvalue weighted by Crippen LogP contribution is 2.30. The molecule has 0 atom stereocenters. The Bertz CT molecular complexity index is 335. The second-order valence-corrected chi connectivity index (χ2v) is 5.07. The summed E-state index contributed by atoms with van der Waals surface area (Å²) in [5, 5.41) is 17.3. The number of carboxylic acid groups (broad SMARTS) is 1. The molecule has 0 radical (unpaired) electrons. The zero-order chi connectivity index (χ0) is 10.8. The van der Waals surface area contributed by atoms with Crippen LogP contribution >= 0.6 is 11.8 Å². The first-order valence-corrected chi connectivity index (χ1v) is 4.96. The third-order valence-electron chi connectivity index (χ3n) is 1.65. The molecule has 0 saturated carbocycles. The summed E-state index contributed by atoms with van der Waals surface area (Å²) < 4.78 is -0.871. The molecule has 0 amide bonds. The molecular formula is C9H12N2O2S. The highest BCUT2D eigenvalue weighted by molar-refractivity contribution is 8.01. The van der Waals surface area contributed by atoms with Crippen molar-refractivity contribution in [2.45, 2.75) is 30.5 Å². The summed E-state index contributed by atoms with van der Waals surface area (Å²) in [7, 11) is 0. The van der Waals surface area contributed by atoms with E-state index in [0.29, 0.717) is 5.03 Å². The third-order valence-corrected chi connectivity index (χ3v) is 2.76. The molecule has 1 heterocycles. The van der Waals surface area contributed by atoms with Crippen LogP contribution < -0.4 is 0 Å². The molecule has 0 saturated heterocycles. The summed E-state index contributed by atoms with van der Waals surface area (Å²) in [4.78, 5) is 10.8. The number of aromatic nitrogens is 2. The van der Waals surface area contributed by atoms with Crippen LogP contribution in [0.15, 0.2) is 17.2 Å². The topological polar surface area (TPSA) is 63.1 Å². The molecule has 14 heavy (non-hydrogen) atoms. The Balaban J connectivity index is 2.79. The average molecular weight is 212 g/mol.